The average molecular weight is 437 g/mol. The molecule has 0 spiro atoms. The summed E-state index contributed by atoms with van der Waals surface area (Å²) < 4.78 is 33.0. The van der Waals surface area contributed by atoms with Crippen molar-refractivity contribution in [1.82, 2.24) is 4.98 Å². The molecule has 1 N–H and O–H groups in total. The molecular formula is C24H24N2O4S. The largest absolute Gasteiger partial charge is 0.457 e. The van der Waals surface area contributed by atoms with Crippen LogP contribution in [-0.2, 0) is 19.6 Å². The van der Waals surface area contributed by atoms with E-state index in [4.69, 9.17) is 4.74 Å². The van der Waals surface area contributed by atoms with Crippen molar-refractivity contribution in [3.63, 3.8) is 0 Å². The Bertz CT molecular complexity index is 1160. The van der Waals surface area contributed by atoms with Gasteiger partial charge in [-0.2, -0.15) is 0 Å². The Morgan fingerprint density at radius 3 is 2.16 bits per heavy atom. The summed E-state index contributed by atoms with van der Waals surface area (Å²) in [5, 5.41) is 0. The molecule has 3 rings (SSSR count). The number of nitrogens with zero attached hydrogens (tertiary/aromatic N) is 1. The molecule has 0 radical (unpaired) electrons. The molecule has 160 valence electrons. The first-order valence-electron chi connectivity index (χ1n) is 9.68. The summed E-state index contributed by atoms with van der Waals surface area (Å²) in [6, 6.07) is 19.6. The molecule has 0 fully saturated rings. The molecule has 31 heavy (non-hydrogen) atoms. The Labute approximate surface area is 182 Å². The van der Waals surface area contributed by atoms with Gasteiger partial charge in [-0.05, 0) is 67.8 Å². The number of carbonyl (C=O) groups is 1. The summed E-state index contributed by atoms with van der Waals surface area (Å²) in [5.74, 6) is -0.280. The third kappa shape index (κ3) is 6.52. The van der Waals surface area contributed by atoms with Gasteiger partial charge in [-0.15, -0.1) is 0 Å². The monoisotopic (exact) mass is 436 g/mol. The summed E-state index contributed by atoms with van der Waals surface area (Å²) in [5.41, 5.74) is 2.01. The van der Waals surface area contributed by atoms with Crippen molar-refractivity contribution >= 4 is 27.9 Å². The number of hydrogen-bond donors (Lipinski definition) is 1. The zero-order valence-corrected chi connectivity index (χ0v) is 18.4. The second-order valence-electron chi connectivity index (χ2n) is 7.84. The van der Waals surface area contributed by atoms with Crippen molar-refractivity contribution in [2.75, 3.05) is 4.72 Å². The van der Waals surface area contributed by atoms with Gasteiger partial charge in [0, 0.05) is 12.3 Å². The van der Waals surface area contributed by atoms with Gasteiger partial charge in [0.25, 0.3) is 10.0 Å². The lowest BCUT2D eigenvalue weighted by Gasteiger charge is -2.17. The number of ether oxygens (including phenoxy) is 1. The first-order chi connectivity index (χ1) is 14.6. The second-order valence-corrected chi connectivity index (χ2v) is 9.52. The highest BCUT2D eigenvalue weighted by atomic mass is 32.2. The van der Waals surface area contributed by atoms with Gasteiger partial charge in [-0.25, -0.2) is 18.2 Å². The predicted molar refractivity (Wildman–Crippen MR) is 122 cm³/mol. The lowest BCUT2D eigenvalue weighted by atomic mass is 10.1. The summed E-state index contributed by atoms with van der Waals surface area (Å²) in [6.45, 7) is 5.36. The van der Waals surface area contributed by atoms with Gasteiger partial charge in [0.2, 0.25) is 0 Å². The number of benzene rings is 2. The van der Waals surface area contributed by atoms with Crippen molar-refractivity contribution in [3.05, 3.63) is 84.6 Å². The maximum atomic E-state index is 12.7. The Morgan fingerprint density at radius 1 is 0.935 bits per heavy atom. The van der Waals surface area contributed by atoms with E-state index in [9.17, 15) is 13.2 Å². The average Bonchev–Trinajstić information content (AvgIpc) is 2.72. The van der Waals surface area contributed by atoms with Crippen LogP contribution in [0.5, 0.6) is 0 Å². The molecule has 0 saturated heterocycles. The topological polar surface area (TPSA) is 85.4 Å². The van der Waals surface area contributed by atoms with E-state index in [2.05, 4.69) is 9.71 Å². The fourth-order valence-electron chi connectivity index (χ4n) is 2.72. The van der Waals surface area contributed by atoms with Gasteiger partial charge >= 0.3 is 5.97 Å². The van der Waals surface area contributed by atoms with Crippen LogP contribution in [-0.4, -0.2) is 25.0 Å². The maximum Gasteiger partial charge on any atom is 0.331 e. The zero-order valence-electron chi connectivity index (χ0n) is 17.6. The first-order valence-corrected chi connectivity index (χ1v) is 11.2. The van der Waals surface area contributed by atoms with Gasteiger partial charge in [-0.1, -0.05) is 42.5 Å². The molecule has 0 aliphatic heterocycles. The zero-order chi connectivity index (χ0) is 22.5. The lowest BCUT2D eigenvalue weighted by molar-refractivity contribution is -0.148. The minimum Gasteiger partial charge on any atom is -0.457 e. The number of sulfonamides is 1. The van der Waals surface area contributed by atoms with Crippen LogP contribution in [0.1, 0.15) is 26.3 Å². The van der Waals surface area contributed by atoms with Crippen molar-refractivity contribution in [2.45, 2.75) is 31.3 Å². The molecule has 2 aromatic carbocycles. The van der Waals surface area contributed by atoms with E-state index in [1.165, 1.54) is 18.3 Å². The van der Waals surface area contributed by atoms with E-state index in [1.807, 2.05) is 30.3 Å². The molecule has 3 aromatic rings. The molecule has 0 aliphatic rings. The fraction of sp³-hybridized carbons (Fsp3) is 0.167. The van der Waals surface area contributed by atoms with Gasteiger partial charge < -0.3 is 4.74 Å². The molecule has 0 bridgehead atoms. The molecular weight excluding hydrogens is 412 g/mol. The van der Waals surface area contributed by atoms with Crippen LogP contribution in [0.15, 0.2) is 83.9 Å². The van der Waals surface area contributed by atoms with E-state index in [1.54, 1.807) is 57.2 Å². The van der Waals surface area contributed by atoms with E-state index in [0.717, 1.165) is 11.1 Å². The second kappa shape index (κ2) is 9.14. The standard InChI is InChI=1S/C24H24N2O4S/c1-24(2,3)30-23(27)16-10-18-9-15-22(25-17-18)26-31(28,29)21-13-11-20(12-14-21)19-7-5-4-6-8-19/h4-17H,1-3H3,(H,25,26). The third-order valence-electron chi connectivity index (χ3n) is 4.12. The van der Waals surface area contributed by atoms with Crippen molar-refractivity contribution in [3.8, 4) is 11.1 Å². The lowest BCUT2D eigenvalue weighted by Crippen LogP contribution is -2.22. The van der Waals surface area contributed by atoms with Crippen molar-refractivity contribution < 1.29 is 17.9 Å². The van der Waals surface area contributed by atoms with Gasteiger partial charge in [0.05, 0.1) is 4.90 Å². The summed E-state index contributed by atoms with van der Waals surface area (Å²) in [6.07, 6.45) is 4.33. The highest BCUT2D eigenvalue weighted by molar-refractivity contribution is 7.92. The smallest absolute Gasteiger partial charge is 0.331 e. The number of carbonyl (C=O) groups excluding carboxylic acids is 1. The maximum absolute atomic E-state index is 12.7. The quantitative estimate of drug-likeness (QED) is 0.439. The molecule has 0 amide bonds. The molecule has 0 unspecified atom stereocenters. The van der Waals surface area contributed by atoms with Crippen LogP contribution in [0.2, 0.25) is 0 Å². The SMILES string of the molecule is CC(C)(C)OC(=O)C=Cc1ccc(NS(=O)(=O)c2ccc(-c3ccccc3)cc2)nc1. The summed E-state index contributed by atoms with van der Waals surface area (Å²) >= 11 is 0. The number of rotatable bonds is 6. The summed E-state index contributed by atoms with van der Waals surface area (Å²) in [4.78, 5) is 16.0. The normalized spacial score (nSPS) is 12.0. The van der Waals surface area contributed by atoms with Crippen LogP contribution in [0.4, 0.5) is 5.82 Å². The predicted octanol–water partition coefficient (Wildman–Crippen LogP) is 4.90. The Hall–Kier alpha value is -3.45. The highest BCUT2D eigenvalue weighted by Gasteiger charge is 2.15. The highest BCUT2D eigenvalue weighted by Crippen LogP contribution is 2.22. The number of nitrogens with one attached hydrogen (secondary N) is 1. The van der Waals surface area contributed by atoms with Crippen LogP contribution < -0.4 is 4.72 Å². The number of aromatic nitrogens is 1. The first kappa shape index (κ1) is 22.2. The van der Waals surface area contributed by atoms with E-state index >= 15 is 0 Å². The van der Waals surface area contributed by atoms with Crippen LogP contribution in [0, 0.1) is 0 Å². The number of hydrogen-bond acceptors (Lipinski definition) is 5. The van der Waals surface area contributed by atoms with Crippen molar-refractivity contribution in [1.29, 1.82) is 0 Å². The van der Waals surface area contributed by atoms with E-state index in [-0.39, 0.29) is 10.7 Å². The van der Waals surface area contributed by atoms with Crippen LogP contribution in [0.3, 0.4) is 0 Å². The van der Waals surface area contributed by atoms with E-state index < -0.39 is 21.6 Å². The number of esters is 1. The van der Waals surface area contributed by atoms with Gasteiger partial charge in [-0.3, -0.25) is 4.72 Å². The van der Waals surface area contributed by atoms with Crippen LogP contribution >= 0.6 is 0 Å². The molecule has 0 atom stereocenters. The van der Waals surface area contributed by atoms with Crippen LogP contribution in [0.25, 0.3) is 17.2 Å². The molecule has 1 aromatic heterocycles. The molecule has 0 saturated carbocycles. The Balaban J connectivity index is 1.67. The molecule has 0 aliphatic carbocycles. The number of pyridine rings is 1. The number of anilines is 1. The van der Waals surface area contributed by atoms with Gasteiger partial charge in [0.1, 0.15) is 11.4 Å². The molecule has 6 nitrogen and oxygen atoms in total. The fourth-order valence-corrected chi connectivity index (χ4v) is 3.73. The molecule has 7 heteroatoms. The molecule has 1 heterocycles. The Morgan fingerprint density at radius 2 is 1.58 bits per heavy atom. The minimum atomic E-state index is -3.78. The Kier molecular flexibility index (Phi) is 6.56. The van der Waals surface area contributed by atoms with Gasteiger partial charge in [0.15, 0.2) is 0 Å². The summed E-state index contributed by atoms with van der Waals surface area (Å²) in [7, 11) is -3.78. The van der Waals surface area contributed by atoms with E-state index in [0.29, 0.717) is 5.56 Å². The van der Waals surface area contributed by atoms with Crippen molar-refractivity contribution in [2.24, 2.45) is 0 Å². The minimum absolute atomic E-state index is 0.142. The third-order valence-corrected chi connectivity index (χ3v) is 5.49.